The standard InChI is InChI=1S/C57H36N4O/c1-5-16-37(17-6-1)41-29-32-50-47(34-41)45-24-13-14-26-49(45)61(50)51-36-43(28-31-44(51)38-18-7-2-8-19-38)42-30-33-52-48(35-42)54-46(25-15-27-53(54)62-52)57-59-55(39-20-9-3-10-21-39)58-56(60-57)40-22-11-4-12-23-40/h1-36H/i1D,13D,14D,16D,17D,24D,26D,29D,32D,34D. The molecule has 0 radical (unpaired) electrons. The molecular weight excluding hydrogens is 757 g/mol. The van der Waals surface area contributed by atoms with Crippen LogP contribution in [0.2, 0.25) is 0 Å². The van der Waals surface area contributed by atoms with Crippen molar-refractivity contribution in [3.63, 3.8) is 0 Å². The average molecular weight is 803 g/mol. The molecule has 0 unspecified atom stereocenters. The van der Waals surface area contributed by atoms with Gasteiger partial charge in [-0.25, -0.2) is 15.0 Å². The summed E-state index contributed by atoms with van der Waals surface area (Å²) >= 11 is 0. The first kappa shape index (κ1) is 26.6. The van der Waals surface area contributed by atoms with Crippen LogP contribution in [-0.2, 0) is 0 Å². The summed E-state index contributed by atoms with van der Waals surface area (Å²) in [5.74, 6) is 1.48. The highest BCUT2D eigenvalue weighted by molar-refractivity contribution is 6.13. The van der Waals surface area contributed by atoms with Crippen molar-refractivity contribution in [3.05, 3.63) is 218 Å². The second-order valence-corrected chi connectivity index (χ2v) is 14.8. The Morgan fingerprint density at radius 3 is 1.77 bits per heavy atom. The van der Waals surface area contributed by atoms with E-state index in [-0.39, 0.29) is 57.1 Å². The van der Waals surface area contributed by atoms with Crippen LogP contribution in [0.1, 0.15) is 13.7 Å². The van der Waals surface area contributed by atoms with Crippen molar-refractivity contribution in [2.24, 2.45) is 0 Å². The fraction of sp³-hybridized carbons (Fsp3) is 0. The maximum absolute atomic E-state index is 9.72. The molecule has 0 fully saturated rings. The minimum Gasteiger partial charge on any atom is -0.456 e. The topological polar surface area (TPSA) is 56.7 Å². The summed E-state index contributed by atoms with van der Waals surface area (Å²) in [5, 5.41) is 1.48. The summed E-state index contributed by atoms with van der Waals surface area (Å²) < 4.78 is 98.9. The number of fused-ring (bicyclic) bond motifs is 6. The molecule has 5 nitrogen and oxygen atoms in total. The molecule has 9 aromatic carbocycles. The lowest BCUT2D eigenvalue weighted by atomic mass is 9.96. The second-order valence-electron chi connectivity index (χ2n) is 14.8. The Morgan fingerprint density at radius 1 is 0.387 bits per heavy atom. The summed E-state index contributed by atoms with van der Waals surface area (Å²) in [7, 11) is 0. The molecule has 0 N–H and O–H groups in total. The van der Waals surface area contributed by atoms with Crippen molar-refractivity contribution in [1.82, 2.24) is 19.5 Å². The summed E-state index contributed by atoms with van der Waals surface area (Å²) in [6.07, 6.45) is 0. The molecule has 0 amide bonds. The molecule has 0 bridgehead atoms. The van der Waals surface area contributed by atoms with E-state index in [1.54, 1.807) is 4.57 Å². The van der Waals surface area contributed by atoms with Gasteiger partial charge in [-0.1, -0.05) is 176 Å². The maximum Gasteiger partial charge on any atom is 0.164 e. The zero-order valence-corrected chi connectivity index (χ0v) is 32.7. The average Bonchev–Trinajstić information content (AvgIpc) is 3.97. The van der Waals surface area contributed by atoms with Gasteiger partial charge in [0.15, 0.2) is 17.5 Å². The summed E-state index contributed by atoms with van der Waals surface area (Å²) in [4.78, 5) is 15.0. The fourth-order valence-corrected chi connectivity index (χ4v) is 8.22. The first-order chi connectivity index (χ1) is 34.9. The molecule has 5 heteroatoms. The van der Waals surface area contributed by atoms with Gasteiger partial charge in [0.2, 0.25) is 0 Å². The van der Waals surface area contributed by atoms with Crippen LogP contribution >= 0.6 is 0 Å². The van der Waals surface area contributed by atoms with Gasteiger partial charge in [0.25, 0.3) is 0 Å². The first-order valence-corrected chi connectivity index (χ1v) is 20.0. The molecule has 3 aromatic heterocycles. The van der Waals surface area contributed by atoms with E-state index in [0.29, 0.717) is 45.5 Å². The molecular formula is C57H36N4O. The van der Waals surface area contributed by atoms with Gasteiger partial charge in [-0.2, -0.15) is 0 Å². The SMILES string of the molecule is [2H]c1cc([2H])c(-c2c([2H])c([2H])c3c(c2[2H])c2c([2H])c([2H])c([2H])c([2H])c2n3-c2cc(-c3ccc4oc5cccc(-c6nc(-c7ccccc7)nc(-c7ccccc7)n6)c5c4c3)ccc2-c2ccccc2)c([2H])c1. The summed E-state index contributed by atoms with van der Waals surface area (Å²) in [6.45, 7) is 0. The lowest BCUT2D eigenvalue weighted by molar-refractivity contribution is 0.669. The van der Waals surface area contributed by atoms with Crippen molar-refractivity contribution in [3.8, 4) is 73.2 Å². The highest BCUT2D eigenvalue weighted by Gasteiger charge is 2.21. The molecule has 0 aliphatic carbocycles. The van der Waals surface area contributed by atoms with Crippen LogP contribution in [0, 0.1) is 0 Å². The van der Waals surface area contributed by atoms with Gasteiger partial charge in [-0.15, -0.1) is 0 Å². The molecule has 62 heavy (non-hydrogen) atoms. The highest BCUT2D eigenvalue weighted by Crippen LogP contribution is 2.42. The van der Waals surface area contributed by atoms with E-state index < -0.39 is 36.3 Å². The van der Waals surface area contributed by atoms with Gasteiger partial charge in [0.05, 0.1) is 30.4 Å². The Kier molecular flexibility index (Phi) is 6.31. The molecule has 0 aliphatic rings. The number of furan rings is 1. The number of hydrogen-bond acceptors (Lipinski definition) is 4. The van der Waals surface area contributed by atoms with E-state index in [2.05, 4.69) is 0 Å². The van der Waals surface area contributed by atoms with E-state index >= 15 is 0 Å². The van der Waals surface area contributed by atoms with Crippen molar-refractivity contribution >= 4 is 43.7 Å². The van der Waals surface area contributed by atoms with Crippen molar-refractivity contribution in [1.29, 1.82) is 0 Å². The van der Waals surface area contributed by atoms with Crippen molar-refractivity contribution < 1.29 is 18.1 Å². The minimum absolute atomic E-state index is 0.00871. The van der Waals surface area contributed by atoms with Gasteiger partial charge < -0.3 is 8.98 Å². The van der Waals surface area contributed by atoms with Crippen LogP contribution in [-0.4, -0.2) is 19.5 Å². The van der Waals surface area contributed by atoms with Gasteiger partial charge in [-0.3, -0.25) is 0 Å². The predicted molar refractivity (Wildman–Crippen MR) is 254 cm³/mol. The van der Waals surface area contributed by atoms with Crippen LogP contribution in [0.15, 0.2) is 223 Å². The van der Waals surface area contributed by atoms with Gasteiger partial charge in [-0.05, 0) is 70.2 Å². The Balaban J connectivity index is 1.13. The molecule has 0 saturated carbocycles. The third-order valence-corrected chi connectivity index (χ3v) is 11.1. The van der Waals surface area contributed by atoms with E-state index in [1.165, 1.54) is 12.1 Å². The molecule has 0 atom stereocenters. The predicted octanol–water partition coefficient (Wildman–Crippen LogP) is 14.9. The van der Waals surface area contributed by atoms with E-state index in [9.17, 15) is 6.85 Å². The summed E-state index contributed by atoms with van der Waals surface area (Å²) in [5.41, 5.74) is 6.52. The number of aromatic nitrogens is 4. The largest absolute Gasteiger partial charge is 0.456 e. The van der Waals surface area contributed by atoms with Crippen LogP contribution in [0.5, 0.6) is 0 Å². The van der Waals surface area contributed by atoms with Gasteiger partial charge in [0.1, 0.15) is 11.2 Å². The molecule has 3 heterocycles. The number of rotatable bonds is 7. The summed E-state index contributed by atoms with van der Waals surface area (Å²) in [6, 6.07) is 44.9. The van der Waals surface area contributed by atoms with Crippen LogP contribution in [0.3, 0.4) is 0 Å². The normalized spacial score (nSPS) is 13.8. The number of hydrogen-bond donors (Lipinski definition) is 0. The zero-order chi connectivity index (χ0) is 49.7. The highest BCUT2D eigenvalue weighted by atomic mass is 16.3. The van der Waals surface area contributed by atoms with E-state index in [4.69, 9.17) is 26.2 Å². The smallest absolute Gasteiger partial charge is 0.164 e. The molecule has 12 rings (SSSR count). The molecule has 0 saturated heterocycles. The van der Waals surface area contributed by atoms with Crippen LogP contribution in [0.4, 0.5) is 0 Å². The first-order valence-electron chi connectivity index (χ1n) is 25.0. The minimum atomic E-state index is -0.545. The quantitative estimate of drug-likeness (QED) is 0.161. The second kappa shape index (κ2) is 14.7. The fourth-order valence-electron chi connectivity index (χ4n) is 8.22. The van der Waals surface area contributed by atoms with Crippen molar-refractivity contribution in [2.45, 2.75) is 0 Å². The third kappa shape index (κ3) is 6.06. The van der Waals surface area contributed by atoms with Crippen LogP contribution in [0.25, 0.3) is 117 Å². The Morgan fingerprint density at radius 2 is 1.03 bits per heavy atom. The van der Waals surface area contributed by atoms with E-state index in [0.717, 1.165) is 38.6 Å². The Labute approximate surface area is 371 Å². The van der Waals surface area contributed by atoms with Gasteiger partial charge in [0, 0.05) is 43.8 Å². The number of benzene rings is 9. The van der Waals surface area contributed by atoms with Crippen LogP contribution < -0.4 is 0 Å². The maximum atomic E-state index is 9.72. The molecule has 12 aromatic rings. The van der Waals surface area contributed by atoms with Gasteiger partial charge >= 0.3 is 0 Å². The monoisotopic (exact) mass is 802 g/mol. The molecule has 0 aliphatic heterocycles. The lowest BCUT2D eigenvalue weighted by Crippen LogP contribution is -2.00. The number of para-hydroxylation sites is 1. The number of nitrogens with zero attached hydrogens (tertiary/aromatic N) is 4. The molecule has 0 spiro atoms. The third-order valence-electron chi connectivity index (χ3n) is 11.1. The zero-order valence-electron chi connectivity index (χ0n) is 42.7. The lowest BCUT2D eigenvalue weighted by Gasteiger charge is -2.16. The van der Waals surface area contributed by atoms with E-state index in [1.807, 2.05) is 146 Å². The Hall–Kier alpha value is -8.41. The Bertz CT molecular complexity index is 4140. The van der Waals surface area contributed by atoms with Crippen molar-refractivity contribution in [2.75, 3.05) is 0 Å². The molecule has 290 valence electrons.